The van der Waals surface area contributed by atoms with Crippen molar-refractivity contribution in [1.82, 2.24) is 20.0 Å². The van der Waals surface area contributed by atoms with Crippen LogP contribution >= 0.6 is 0 Å². The van der Waals surface area contributed by atoms with Gasteiger partial charge in [-0.3, -0.25) is 14.4 Å². The van der Waals surface area contributed by atoms with E-state index in [0.29, 0.717) is 19.4 Å². The molecule has 0 spiro atoms. The molecule has 0 aliphatic carbocycles. The normalized spacial score (nSPS) is 20.2. The maximum Gasteiger partial charge on any atom is 0.268 e. The van der Waals surface area contributed by atoms with Crippen LogP contribution in [0.4, 0.5) is 5.69 Å². The lowest BCUT2D eigenvalue weighted by atomic mass is 9.94. The first-order valence-electron chi connectivity index (χ1n) is 9.85. The third-order valence-electron chi connectivity index (χ3n) is 5.41. The number of hydrogen-bond acceptors (Lipinski definition) is 5. The number of carbonyl (C=O) groups excluding carboxylic acids is 2. The number of aryl methyl sites for hydroxylation is 1. The van der Waals surface area contributed by atoms with Crippen LogP contribution in [-0.4, -0.2) is 59.2 Å². The van der Waals surface area contributed by atoms with E-state index in [9.17, 15) is 14.4 Å². The van der Waals surface area contributed by atoms with E-state index in [2.05, 4.69) is 15.3 Å². The lowest BCUT2D eigenvalue weighted by Gasteiger charge is -2.33. The molecule has 2 fully saturated rings. The fourth-order valence-corrected chi connectivity index (χ4v) is 3.87. The Hall–Kier alpha value is -2.38. The van der Waals surface area contributed by atoms with Crippen LogP contribution in [0.25, 0.3) is 0 Å². The Kier molecular flexibility index (Phi) is 6.47. The Labute approximate surface area is 159 Å². The zero-order chi connectivity index (χ0) is 19.2. The monoisotopic (exact) mass is 375 g/mol. The fraction of sp³-hybridized carbons (Fsp3) is 0.684. The van der Waals surface area contributed by atoms with Gasteiger partial charge in [0.15, 0.2) is 0 Å². The topological polar surface area (TPSA) is 87.5 Å². The molecule has 2 aliphatic rings. The summed E-state index contributed by atoms with van der Waals surface area (Å²) < 4.78 is 1.31. The highest BCUT2D eigenvalue weighted by molar-refractivity contribution is 5.78. The van der Waals surface area contributed by atoms with Crippen LogP contribution in [0, 0.1) is 5.92 Å². The van der Waals surface area contributed by atoms with Gasteiger partial charge in [0, 0.05) is 58.7 Å². The van der Waals surface area contributed by atoms with Gasteiger partial charge >= 0.3 is 0 Å². The average molecular weight is 375 g/mol. The van der Waals surface area contributed by atoms with Crippen molar-refractivity contribution in [1.29, 1.82) is 0 Å². The van der Waals surface area contributed by atoms with Crippen LogP contribution in [0.1, 0.15) is 38.5 Å². The third kappa shape index (κ3) is 5.30. The fourth-order valence-electron chi connectivity index (χ4n) is 3.87. The van der Waals surface area contributed by atoms with Crippen molar-refractivity contribution >= 4 is 17.5 Å². The molecule has 2 saturated heterocycles. The van der Waals surface area contributed by atoms with Crippen LogP contribution in [-0.2, 0) is 16.6 Å². The van der Waals surface area contributed by atoms with E-state index in [1.807, 2.05) is 4.90 Å². The predicted octanol–water partition coefficient (Wildman–Crippen LogP) is 0.516. The van der Waals surface area contributed by atoms with Crippen molar-refractivity contribution in [3.05, 3.63) is 22.6 Å². The Morgan fingerprint density at radius 2 is 2.15 bits per heavy atom. The van der Waals surface area contributed by atoms with Crippen molar-refractivity contribution in [2.75, 3.05) is 37.6 Å². The summed E-state index contributed by atoms with van der Waals surface area (Å²) in [5.74, 6) is 0.577. The molecule has 1 atom stereocenters. The molecule has 27 heavy (non-hydrogen) atoms. The van der Waals surface area contributed by atoms with Gasteiger partial charge in [-0.2, -0.15) is 5.10 Å². The molecule has 8 nitrogen and oxygen atoms in total. The number of carbonyl (C=O) groups is 2. The molecule has 2 amide bonds. The summed E-state index contributed by atoms with van der Waals surface area (Å²) in [5, 5.41) is 7.06. The first-order valence-corrected chi connectivity index (χ1v) is 9.85. The van der Waals surface area contributed by atoms with Gasteiger partial charge in [0.25, 0.3) is 5.56 Å². The van der Waals surface area contributed by atoms with Crippen molar-refractivity contribution in [3.8, 4) is 0 Å². The summed E-state index contributed by atoms with van der Waals surface area (Å²) in [7, 11) is 1.63. The lowest BCUT2D eigenvalue weighted by Crippen LogP contribution is -2.39. The molecule has 0 aromatic carbocycles. The Bertz CT molecular complexity index is 732. The van der Waals surface area contributed by atoms with Crippen LogP contribution in [0.3, 0.4) is 0 Å². The Morgan fingerprint density at radius 1 is 1.30 bits per heavy atom. The molecule has 1 aromatic heterocycles. The lowest BCUT2D eigenvalue weighted by molar-refractivity contribution is -0.127. The molecule has 1 aromatic rings. The summed E-state index contributed by atoms with van der Waals surface area (Å²) in [4.78, 5) is 39.6. The molecular weight excluding hydrogens is 346 g/mol. The van der Waals surface area contributed by atoms with Crippen LogP contribution in [0.2, 0.25) is 0 Å². The van der Waals surface area contributed by atoms with E-state index in [4.69, 9.17) is 0 Å². The number of nitrogens with one attached hydrogen (secondary N) is 1. The zero-order valence-corrected chi connectivity index (χ0v) is 16.0. The number of nitrogens with zero attached hydrogens (tertiary/aromatic N) is 4. The van der Waals surface area contributed by atoms with Crippen molar-refractivity contribution in [3.63, 3.8) is 0 Å². The van der Waals surface area contributed by atoms with Gasteiger partial charge in [0.05, 0.1) is 11.9 Å². The minimum Gasteiger partial charge on any atom is -0.370 e. The van der Waals surface area contributed by atoms with Crippen molar-refractivity contribution in [2.45, 2.75) is 38.5 Å². The van der Waals surface area contributed by atoms with E-state index in [-0.39, 0.29) is 23.3 Å². The van der Waals surface area contributed by atoms with Gasteiger partial charge in [0.1, 0.15) is 0 Å². The van der Waals surface area contributed by atoms with Crippen LogP contribution < -0.4 is 15.8 Å². The summed E-state index contributed by atoms with van der Waals surface area (Å²) in [6, 6.07) is 1.61. The first kappa shape index (κ1) is 19.4. The van der Waals surface area contributed by atoms with Gasteiger partial charge in [-0.15, -0.1) is 0 Å². The van der Waals surface area contributed by atoms with E-state index in [0.717, 1.165) is 57.5 Å². The average Bonchev–Trinajstić information content (AvgIpc) is 3.06. The number of hydrogen-bond donors (Lipinski definition) is 1. The number of rotatable bonds is 7. The maximum absolute atomic E-state index is 12.2. The standard InChI is InChI=1S/C19H29N5O3/c1-22-19(27)12-16(13-21-22)24-9-2-5-15(14-24)11-17(25)20-7-4-10-23-8-3-6-18(23)26/h12-13,15H,2-11,14H2,1H3,(H,20,25). The second kappa shape index (κ2) is 9.01. The second-order valence-corrected chi connectivity index (χ2v) is 7.52. The minimum atomic E-state index is -0.121. The summed E-state index contributed by atoms with van der Waals surface area (Å²) >= 11 is 0. The van der Waals surface area contributed by atoms with E-state index in [1.54, 1.807) is 19.3 Å². The van der Waals surface area contributed by atoms with Crippen molar-refractivity contribution in [2.24, 2.45) is 13.0 Å². The predicted molar refractivity (Wildman–Crippen MR) is 102 cm³/mol. The molecule has 3 heterocycles. The highest BCUT2D eigenvalue weighted by atomic mass is 16.2. The molecule has 1 N–H and O–H groups in total. The van der Waals surface area contributed by atoms with E-state index < -0.39 is 0 Å². The maximum atomic E-state index is 12.2. The van der Waals surface area contributed by atoms with Crippen LogP contribution in [0.15, 0.2) is 17.1 Å². The number of aromatic nitrogens is 2. The van der Waals surface area contributed by atoms with Gasteiger partial charge in [-0.05, 0) is 31.6 Å². The molecule has 2 aliphatic heterocycles. The molecule has 148 valence electrons. The van der Waals surface area contributed by atoms with Crippen LogP contribution in [0.5, 0.6) is 0 Å². The Morgan fingerprint density at radius 3 is 2.89 bits per heavy atom. The van der Waals surface area contributed by atoms with Crippen molar-refractivity contribution < 1.29 is 9.59 Å². The smallest absolute Gasteiger partial charge is 0.268 e. The number of piperidine rings is 1. The highest BCUT2D eigenvalue weighted by Crippen LogP contribution is 2.23. The number of likely N-dealkylation sites (tertiary alicyclic amines) is 1. The van der Waals surface area contributed by atoms with Gasteiger partial charge < -0.3 is 15.1 Å². The number of anilines is 1. The molecule has 0 radical (unpaired) electrons. The second-order valence-electron chi connectivity index (χ2n) is 7.52. The quantitative estimate of drug-likeness (QED) is 0.702. The zero-order valence-electron chi connectivity index (χ0n) is 16.0. The van der Waals surface area contributed by atoms with Gasteiger partial charge in [-0.25, -0.2) is 4.68 Å². The molecule has 8 heteroatoms. The molecule has 1 unspecified atom stereocenters. The molecule has 0 bridgehead atoms. The highest BCUT2D eigenvalue weighted by Gasteiger charge is 2.23. The summed E-state index contributed by atoms with van der Waals surface area (Å²) in [5.41, 5.74) is 0.710. The summed E-state index contributed by atoms with van der Waals surface area (Å²) in [6.07, 6.45) is 6.64. The van der Waals surface area contributed by atoms with E-state index in [1.165, 1.54) is 4.68 Å². The summed E-state index contributed by atoms with van der Waals surface area (Å²) in [6.45, 7) is 3.84. The largest absolute Gasteiger partial charge is 0.370 e. The molecule has 0 saturated carbocycles. The Balaban J connectivity index is 1.40. The molecular formula is C19H29N5O3. The first-order chi connectivity index (χ1) is 13.0. The third-order valence-corrected chi connectivity index (χ3v) is 5.41. The van der Waals surface area contributed by atoms with E-state index >= 15 is 0 Å². The molecule has 3 rings (SSSR count). The minimum absolute atomic E-state index is 0.0664. The van der Waals surface area contributed by atoms with Gasteiger partial charge in [-0.1, -0.05) is 0 Å². The number of amides is 2. The SMILES string of the molecule is Cn1ncc(N2CCCC(CC(=O)NCCCN3CCCC3=O)C2)cc1=O. The van der Waals surface area contributed by atoms with Gasteiger partial charge in [0.2, 0.25) is 11.8 Å².